The number of anilines is 1. The third-order valence-electron chi connectivity index (χ3n) is 3.05. The van der Waals surface area contributed by atoms with Crippen LogP contribution in [0.1, 0.15) is 51.5 Å². The van der Waals surface area contributed by atoms with Crippen LogP contribution < -0.4 is 11.1 Å². The van der Waals surface area contributed by atoms with Gasteiger partial charge in [0.25, 0.3) is 0 Å². The van der Waals surface area contributed by atoms with Crippen molar-refractivity contribution in [3.63, 3.8) is 0 Å². The lowest BCUT2D eigenvalue weighted by atomic mass is 10.0. The molecule has 0 aliphatic rings. The van der Waals surface area contributed by atoms with Gasteiger partial charge in [0.05, 0.1) is 6.04 Å². The number of nitrogens with two attached hydrogens (primary N) is 1. The van der Waals surface area contributed by atoms with Crippen molar-refractivity contribution in [2.45, 2.75) is 52.0 Å². The highest BCUT2D eigenvalue weighted by atomic mass is 16.2. The lowest BCUT2D eigenvalue weighted by molar-refractivity contribution is -0.117. The molecule has 0 saturated carbocycles. The van der Waals surface area contributed by atoms with Crippen LogP contribution in [0.5, 0.6) is 0 Å². The number of unbranched alkanes of at least 4 members (excludes halogenated alkanes) is 1. The summed E-state index contributed by atoms with van der Waals surface area (Å²) in [6.45, 7) is 6.39. The number of benzene rings is 1. The van der Waals surface area contributed by atoms with Crippen LogP contribution in [0, 0.1) is 0 Å². The van der Waals surface area contributed by atoms with E-state index in [0.717, 1.165) is 24.9 Å². The summed E-state index contributed by atoms with van der Waals surface area (Å²) in [4.78, 5) is 11.8. The van der Waals surface area contributed by atoms with Crippen LogP contribution in [-0.4, -0.2) is 11.9 Å². The standard InChI is InChI=1S/C15H24N2O/c1-4-5-6-14(16)15(18)17-13-9-7-12(8-10-13)11(2)3/h7-11,14H,4-6,16H2,1-3H3,(H,17,18)/t14-/m0/s1. The Labute approximate surface area is 110 Å². The van der Waals surface area contributed by atoms with Crippen molar-refractivity contribution in [1.82, 2.24) is 0 Å². The lowest BCUT2D eigenvalue weighted by Crippen LogP contribution is -2.35. The number of nitrogens with one attached hydrogen (secondary N) is 1. The molecule has 18 heavy (non-hydrogen) atoms. The maximum Gasteiger partial charge on any atom is 0.241 e. The van der Waals surface area contributed by atoms with E-state index in [9.17, 15) is 4.79 Å². The number of hydrogen-bond donors (Lipinski definition) is 2. The molecule has 1 aromatic carbocycles. The highest BCUT2D eigenvalue weighted by Gasteiger charge is 2.12. The Morgan fingerprint density at radius 1 is 1.28 bits per heavy atom. The summed E-state index contributed by atoms with van der Waals surface area (Å²) >= 11 is 0. The fourth-order valence-corrected chi connectivity index (χ4v) is 1.74. The Bertz CT molecular complexity index is 371. The molecule has 1 atom stereocenters. The molecule has 3 nitrogen and oxygen atoms in total. The molecule has 0 unspecified atom stereocenters. The molecule has 1 aromatic rings. The molecular weight excluding hydrogens is 224 g/mol. The van der Waals surface area contributed by atoms with Gasteiger partial charge in [-0.3, -0.25) is 4.79 Å². The molecule has 1 rings (SSSR count). The van der Waals surface area contributed by atoms with Gasteiger partial charge in [-0.25, -0.2) is 0 Å². The molecule has 100 valence electrons. The average molecular weight is 248 g/mol. The molecule has 0 aromatic heterocycles. The van der Waals surface area contributed by atoms with Gasteiger partial charge in [0, 0.05) is 5.69 Å². The lowest BCUT2D eigenvalue weighted by Gasteiger charge is -2.12. The van der Waals surface area contributed by atoms with E-state index in [0.29, 0.717) is 5.92 Å². The minimum absolute atomic E-state index is 0.0965. The summed E-state index contributed by atoms with van der Waals surface area (Å²) in [5, 5.41) is 2.85. The van der Waals surface area contributed by atoms with Gasteiger partial charge < -0.3 is 11.1 Å². The van der Waals surface area contributed by atoms with Gasteiger partial charge in [-0.2, -0.15) is 0 Å². The van der Waals surface area contributed by atoms with E-state index < -0.39 is 6.04 Å². The molecule has 0 radical (unpaired) electrons. The molecule has 0 bridgehead atoms. The van der Waals surface area contributed by atoms with Crippen LogP contribution in [0.4, 0.5) is 5.69 Å². The van der Waals surface area contributed by atoms with Crippen molar-refractivity contribution in [3.8, 4) is 0 Å². The summed E-state index contributed by atoms with van der Waals surface area (Å²) < 4.78 is 0. The predicted octanol–water partition coefficient (Wildman–Crippen LogP) is 3.27. The van der Waals surface area contributed by atoms with Gasteiger partial charge in [-0.1, -0.05) is 45.7 Å². The van der Waals surface area contributed by atoms with E-state index in [-0.39, 0.29) is 5.91 Å². The zero-order valence-electron chi connectivity index (χ0n) is 11.6. The van der Waals surface area contributed by atoms with Gasteiger partial charge in [-0.15, -0.1) is 0 Å². The average Bonchev–Trinajstić information content (AvgIpc) is 2.36. The second-order valence-corrected chi connectivity index (χ2v) is 5.01. The Balaban J connectivity index is 2.53. The highest BCUT2D eigenvalue weighted by molar-refractivity contribution is 5.94. The normalized spacial score (nSPS) is 12.5. The Morgan fingerprint density at radius 2 is 1.89 bits per heavy atom. The first-order valence-corrected chi connectivity index (χ1v) is 6.71. The summed E-state index contributed by atoms with van der Waals surface area (Å²) in [5.41, 5.74) is 7.90. The third-order valence-corrected chi connectivity index (χ3v) is 3.05. The first-order valence-electron chi connectivity index (χ1n) is 6.71. The molecule has 0 spiro atoms. The van der Waals surface area contributed by atoms with E-state index in [4.69, 9.17) is 5.73 Å². The van der Waals surface area contributed by atoms with E-state index in [2.05, 4.69) is 26.1 Å². The predicted molar refractivity (Wildman–Crippen MR) is 76.7 cm³/mol. The minimum atomic E-state index is -0.408. The molecule has 0 aliphatic carbocycles. The van der Waals surface area contributed by atoms with Crippen molar-refractivity contribution in [2.75, 3.05) is 5.32 Å². The largest absolute Gasteiger partial charge is 0.325 e. The van der Waals surface area contributed by atoms with Crippen molar-refractivity contribution in [1.29, 1.82) is 0 Å². The van der Waals surface area contributed by atoms with Crippen molar-refractivity contribution in [2.24, 2.45) is 5.73 Å². The summed E-state index contributed by atoms with van der Waals surface area (Å²) in [6.07, 6.45) is 2.79. The van der Waals surface area contributed by atoms with Gasteiger partial charge in [0.1, 0.15) is 0 Å². The Morgan fingerprint density at radius 3 is 2.39 bits per heavy atom. The van der Waals surface area contributed by atoms with Crippen LogP contribution in [0.3, 0.4) is 0 Å². The highest BCUT2D eigenvalue weighted by Crippen LogP contribution is 2.17. The van der Waals surface area contributed by atoms with E-state index in [1.165, 1.54) is 5.56 Å². The van der Waals surface area contributed by atoms with Gasteiger partial charge in [0.15, 0.2) is 0 Å². The Kier molecular flexibility index (Phi) is 5.86. The van der Waals surface area contributed by atoms with E-state index in [1.54, 1.807) is 0 Å². The Hall–Kier alpha value is -1.35. The molecule has 0 heterocycles. The summed E-state index contributed by atoms with van der Waals surface area (Å²) in [6, 6.07) is 7.53. The molecule has 3 heteroatoms. The summed E-state index contributed by atoms with van der Waals surface area (Å²) in [5.74, 6) is 0.405. The third kappa shape index (κ3) is 4.49. The van der Waals surface area contributed by atoms with Crippen LogP contribution in [0.15, 0.2) is 24.3 Å². The van der Waals surface area contributed by atoms with Crippen LogP contribution >= 0.6 is 0 Å². The van der Waals surface area contributed by atoms with Crippen molar-refractivity contribution >= 4 is 11.6 Å². The fourth-order valence-electron chi connectivity index (χ4n) is 1.74. The number of carbonyl (C=O) groups excluding carboxylic acids is 1. The second-order valence-electron chi connectivity index (χ2n) is 5.01. The van der Waals surface area contributed by atoms with Gasteiger partial charge in [-0.05, 0) is 30.0 Å². The van der Waals surface area contributed by atoms with Crippen LogP contribution in [0.25, 0.3) is 0 Å². The van der Waals surface area contributed by atoms with Crippen molar-refractivity contribution < 1.29 is 4.79 Å². The van der Waals surface area contributed by atoms with Crippen molar-refractivity contribution in [3.05, 3.63) is 29.8 Å². The first kappa shape index (κ1) is 14.7. The smallest absolute Gasteiger partial charge is 0.241 e. The SMILES string of the molecule is CCCC[C@H](N)C(=O)Nc1ccc(C(C)C)cc1. The van der Waals surface area contributed by atoms with Crippen LogP contribution in [-0.2, 0) is 4.79 Å². The maximum absolute atomic E-state index is 11.8. The first-order chi connectivity index (χ1) is 8.54. The number of hydrogen-bond acceptors (Lipinski definition) is 2. The van der Waals surface area contributed by atoms with Gasteiger partial charge in [0.2, 0.25) is 5.91 Å². The van der Waals surface area contributed by atoms with E-state index >= 15 is 0 Å². The molecular formula is C15H24N2O. The zero-order valence-corrected chi connectivity index (χ0v) is 11.6. The number of rotatable bonds is 6. The maximum atomic E-state index is 11.8. The van der Waals surface area contributed by atoms with E-state index in [1.807, 2.05) is 24.3 Å². The molecule has 0 saturated heterocycles. The molecule has 3 N–H and O–H groups in total. The molecule has 0 fully saturated rings. The van der Waals surface area contributed by atoms with Gasteiger partial charge >= 0.3 is 0 Å². The minimum Gasteiger partial charge on any atom is -0.325 e. The fraction of sp³-hybridized carbons (Fsp3) is 0.533. The quantitative estimate of drug-likeness (QED) is 0.811. The topological polar surface area (TPSA) is 55.1 Å². The summed E-state index contributed by atoms with van der Waals surface area (Å²) in [7, 11) is 0. The molecule has 0 aliphatic heterocycles. The zero-order chi connectivity index (χ0) is 13.5. The second kappa shape index (κ2) is 7.17. The number of amides is 1. The monoisotopic (exact) mass is 248 g/mol. The molecule has 1 amide bonds. The number of carbonyl (C=O) groups is 1. The van der Waals surface area contributed by atoms with Crippen LogP contribution in [0.2, 0.25) is 0 Å².